The van der Waals surface area contributed by atoms with Crippen LogP contribution in [0.25, 0.3) is 0 Å². The molecular weight excluding hydrogens is 242 g/mol. The highest BCUT2D eigenvalue weighted by atomic mass is 32.2. The predicted octanol–water partition coefficient (Wildman–Crippen LogP) is 3.26. The molecule has 1 unspecified atom stereocenters. The van der Waals surface area contributed by atoms with Gasteiger partial charge in [-0.25, -0.2) is 8.78 Å². The lowest BCUT2D eigenvalue weighted by atomic mass is 10.3. The standard InChI is InChI=1S/C12H12F2N2S/c13-8-3-4-10(9(14)5-8)16-12-15-6-11(17-12)7-1-2-7/h3-5,7,11H,1-2,6H2,(H,15,16). The molecule has 1 aliphatic carbocycles. The van der Waals surface area contributed by atoms with Crippen LogP contribution in [0.3, 0.4) is 0 Å². The van der Waals surface area contributed by atoms with Gasteiger partial charge >= 0.3 is 0 Å². The van der Waals surface area contributed by atoms with Gasteiger partial charge in [-0.05, 0) is 30.9 Å². The minimum absolute atomic E-state index is 0.286. The van der Waals surface area contributed by atoms with Crippen molar-refractivity contribution in [1.29, 1.82) is 0 Å². The summed E-state index contributed by atoms with van der Waals surface area (Å²) in [4.78, 5) is 4.35. The van der Waals surface area contributed by atoms with Gasteiger partial charge in [0, 0.05) is 11.3 Å². The lowest BCUT2D eigenvalue weighted by Crippen LogP contribution is -2.10. The molecule has 0 saturated heterocycles. The highest BCUT2D eigenvalue weighted by Gasteiger charge is 2.35. The molecule has 0 amide bonds. The summed E-state index contributed by atoms with van der Waals surface area (Å²) in [6, 6.07) is 3.52. The van der Waals surface area contributed by atoms with Crippen LogP contribution in [0.5, 0.6) is 0 Å². The molecule has 1 saturated carbocycles. The number of hydrogen-bond acceptors (Lipinski definition) is 3. The van der Waals surface area contributed by atoms with Crippen LogP contribution in [0.1, 0.15) is 12.8 Å². The van der Waals surface area contributed by atoms with Crippen molar-refractivity contribution in [2.24, 2.45) is 10.9 Å². The summed E-state index contributed by atoms with van der Waals surface area (Å²) >= 11 is 1.67. The quantitative estimate of drug-likeness (QED) is 0.876. The van der Waals surface area contributed by atoms with Crippen molar-refractivity contribution in [2.45, 2.75) is 18.1 Å². The van der Waals surface area contributed by atoms with Crippen LogP contribution < -0.4 is 5.32 Å². The van der Waals surface area contributed by atoms with Crippen molar-refractivity contribution < 1.29 is 8.78 Å². The van der Waals surface area contributed by atoms with Gasteiger partial charge in [-0.15, -0.1) is 0 Å². The summed E-state index contributed by atoms with van der Waals surface area (Å²) in [6.45, 7) is 0.806. The van der Waals surface area contributed by atoms with Gasteiger partial charge in [-0.1, -0.05) is 11.8 Å². The molecule has 1 atom stereocenters. The monoisotopic (exact) mass is 254 g/mol. The first-order valence-corrected chi connectivity index (χ1v) is 6.53. The number of amidine groups is 1. The van der Waals surface area contributed by atoms with Gasteiger partial charge in [0.15, 0.2) is 5.17 Å². The average molecular weight is 254 g/mol. The van der Waals surface area contributed by atoms with E-state index in [1.807, 2.05) is 0 Å². The SMILES string of the molecule is Fc1ccc(NC2=NCC(C3CC3)S2)c(F)c1. The Bertz CT molecular complexity index is 472. The predicted molar refractivity (Wildman–Crippen MR) is 66.4 cm³/mol. The first kappa shape index (κ1) is 11.0. The number of halogens is 2. The molecule has 2 aliphatic rings. The maximum Gasteiger partial charge on any atom is 0.161 e. The zero-order valence-corrected chi connectivity index (χ0v) is 9.94. The van der Waals surface area contributed by atoms with E-state index in [0.29, 0.717) is 5.25 Å². The van der Waals surface area contributed by atoms with Crippen molar-refractivity contribution in [3.63, 3.8) is 0 Å². The fraction of sp³-hybridized carbons (Fsp3) is 0.417. The van der Waals surface area contributed by atoms with Crippen LogP contribution in [-0.2, 0) is 0 Å². The molecule has 1 aliphatic heterocycles. The molecule has 2 nitrogen and oxygen atoms in total. The third-order valence-corrected chi connectivity index (χ3v) is 4.29. The van der Waals surface area contributed by atoms with E-state index < -0.39 is 11.6 Å². The Morgan fingerprint density at radius 3 is 2.82 bits per heavy atom. The van der Waals surface area contributed by atoms with Crippen LogP contribution in [0.2, 0.25) is 0 Å². The minimum atomic E-state index is -0.580. The largest absolute Gasteiger partial charge is 0.333 e. The summed E-state index contributed by atoms with van der Waals surface area (Å²) in [5.41, 5.74) is 0.286. The van der Waals surface area contributed by atoms with Crippen molar-refractivity contribution in [1.82, 2.24) is 0 Å². The van der Waals surface area contributed by atoms with Crippen LogP contribution in [-0.4, -0.2) is 17.0 Å². The normalized spacial score (nSPS) is 23.6. The molecule has 1 aromatic rings. The van der Waals surface area contributed by atoms with E-state index in [2.05, 4.69) is 10.3 Å². The third-order valence-electron chi connectivity index (χ3n) is 3.00. The number of nitrogens with one attached hydrogen (secondary N) is 1. The van der Waals surface area contributed by atoms with Gasteiger partial charge in [0.05, 0.1) is 12.2 Å². The van der Waals surface area contributed by atoms with Crippen molar-refractivity contribution in [3.05, 3.63) is 29.8 Å². The molecule has 1 heterocycles. The van der Waals surface area contributed by atoms with Crippen molar-refractivity contribution >= 4 is 22.6 Å². The number of nitrogens with zero attached hydrogens (tertiary/aromatic N) is 1. The summed E-state index contributed by atoms with van der Waals surface area (Å²) in [7, 11) is 0. The highest BCUT2D eigenvalue weighted by molar-refractivity contribution is 8.15. The zero-order chi connectivity index (χ0) is 11.8. The minimum Gasteiger partial charge on any atom is -0.333 e. The van der Waals surface area contributed by atoms with E-state index in [-0.39, 0.29) is 5.69 Å². The first-order valence-electron chi connectivity index (χ1n) is 5.65. The van der Waals surface area contributed by atoms with Gasteiger partial charge in [-0.3, -0.25) is 4.99 Å². The lowest BCUT2D eigenvalue weighted by molar-refractivity contribution is 0.586. The van der Waals surface area contributed by atoms with E-state index in [1.54, 1.807) is 11.8 Å². The molecule has 17 heavy (non-hydrogen) atoms. The molecule has 5 heteroatoms. The summed E-state index contributed by atoms with van der Waals surface area (Å²) in [5.74, 6) is -0.366. The summed E-state index contributed by atoms with van der Waals surface area (Å²) in [5, 5.41) is 4.21. The average Bonchev–Trinajstić information content (AvgIpc) is 3.04. The van der Waals surface area contributed by atoms with Crippen molar-refractivity contribution in [3.8, 4) is 0 Å². The van der Waals surface area contributed by atoms with E-state index in [1.165, 1.54) is 25.0 Å². The number of rotatable bonds is 2. The zero-order valence-electron chi connectivity index (χ0n) is 9.12. The second-order valence-corrected chi connectivity index (χ2v) is 5.62. The summed E-state index contributed by atoms with van der Waals surface area (Å²) < 4.78 is 26.1. The summed E-state index contributed by atoms with van der Waals surface area (Å²) in [6.07, 6.45) is 2.57. The Morgan fingerprint density at radius 1 is 1.29 bits per heavy atom. The van der Waals surface area contributed by atoms with Crippen LogP contribution in [0.4, 0.5) is 14.5 Å². The van der Waals surface area contributed by atoms with Crippen LogP contribution in [0.15, 0.2) is 23.2 Å². The molecular formula is C12H12F2N2S. The topological polar surface area (TPSA) is 24.4 Å². The molecule has 1 fully saturated rings. The van der Waals surface area contributed by atoms with Crippen LogP contribution in [0, 0.1) is 17.6 Å². The van der Waals surface area contributed by atoms with E-state index in [0.717, 1.165) is 23.7 Å². The molecule has 3 rings (SSSR count). The Hall–Kier alpha value is -1.10. The molecule has 90 valence electrons. The fourth-order valence-electron chi connectivity index (χ4n) is 1.88. The van der Waals surface area contributed by atoms with Gasteiger partial charge in [0.2, 0.25) is 0 Å². The molecule has 0 aromatic heterocycles. The number of hydrogen-bond donors (Lipinski definition) is 1. The number of benzene rings is 1. The van der Waals surface area contributed by atoms with Crippen molar-refractivity contribution in [2.75, 3.05) is 11.9 Å². The lowest BCUT2D eigenvalue weighted by Gasteiger charge is -2.08. The van der Waals surface area contributed by atoms with Crippen LogP contribution >= 0.6 is 11.8 Å². The molecule has 1 aromatic carbocycles. The Labute approximate surface area is 103 Å². The van der Waals surface area contributed by atoms with E-state index in [9.17, 15) is 8.78 Å². The molecule has 1 N–H and O–H groups in total. The number of aliphatic imine (C=N–C) groups is 1. The first-order chi connectivity index (χ1) is 8.22. The number of anilines is 1. The second-order valence-electron chi connectivity index (χ2n) is 4.39. The van der Waals surface area contributed by atoms with Gasteiger partial charge < -0.3 is 5.32 Å². The Morgan fingerprint density at radius 2 is 2.12 bits per heavy atom. The molecule has 0 radical (unpaired) electrons. The Balaban J connectivity index is 1.66. The fourth-order valence-corrected chi connectivity index (χ4v) is 3.10. The molecule has 0 bridgehead atoms. The van der Waals surface area contributed by atoms with E-state index >= 15 is 0 Å². The van der Waals surface area contributed by atoms with Gasteiger partial charge in [0.25, 0.3) is 0 Å². The van der Waals surface area contributed by atoms with Gasteiger partial charge in [0.1, 0.15) is 11.6 Å². The maximum absolute atomic E-state index is 13.4. The Kier molecular flexibility index (Phi) is 2.78. The second kappa shape index (κ2) is 4.29. The smallest absolute Gasteiger partial charge is 0.161 e. The van der Waals surface area contributed by atoms with Gasteiger partial charge in [-0.2, -0.15) is 0 Å². The molecule has 0 spiro atoms. The van der Waals surface area contributed by atoms with E-state index in [4.69, 9.17) is 0 Å². The third kappa shape index (κ3) is 2.44. The number of thioether (sulfide) groups is 1. The highest BCUT2D eigenvalue weighted by Crippen LogP contribution is 2.42. The maximum atomic E-state index is 13.4.